The lowest BCUT2D eigenvalue weighted by atomic mass is 9.48. The standard InChI is InChI=1S/C14H20F2O6S/c15-14(16,23(19,20)21)7-22-12(18)13-5-8-1-2-10(13)11(17)4-9(3-8)6-13/h8-11,17H,1-7H2,(H,19,20,21). The lowest BCUT2D eigenvalue weighted by Crippen LogP contribution is -2.57. The summed E-state index contributed by atoms with van der Waals surface area (Å²) >= 11 is 0. The van der Waals surface area contributed by atoms with Crippen molar-refractivity contribution in [3.63, 3.8) is 0 Å². The summed E-state index contributed by atoms with van der Waals surface area (Å²) in [6.45, 7) is -1.70. The number of halogens is 2. The number of carbonyl (C=O) groups is 1. The van der Waals surface area contributed by atoms with Gasteiger partial charge in [-0.05, 0) is 43.9 Å². The maximum Gasteiger partial charge on any atom is 0.402 e. The molecule has 0 aromatic carbocycles. The summed E-state index contributed by atoms with van der Waals surface area (Å²) in [7, 11) is -5.63. The highest BCUT2D eigenvalue weighted by Gasteiger charge is 2.60. The highest BCUT2D eigenvalue weighted by Crippen LogP contribution is 2.60. The van der Waals surface area contributed by atoms with E-state index in [0.717, 1.165) is 12.8 Å². The van der Waals surface area contributed by atoms with Crippen LogP contribution in [0.1, 0.15) is 38.5 Å². The van der Waals surface area contributed by atoms with Gasteiger partial charge in [-0.1, -0.05) is 6.42 Å². The summed E-state index contributed by atoms with van der Waals surface area (Å²) in [5.74, 6) is -0.733. The van der Waals surface area contributed by atoms with E-state index < -0.39 is 39.5 Å². The summed E-state index contributed by atoms with van der Waals surface area (Å²) in [5, 5.41) is 5.75. The van der Waals surface area contributed by atoms with Gasteiger partial charge in [0.1, 0.15) is 0 Å². The van der Waals surface area contributed by atoms with Crippen LogP contribution in [0.4, 0.5) is 8.78 Å². The van der Waals surface area contributed by atoms with E-state index >= 15 is 0 Å². The van der Waals surface area contributed by atoms with Crippen molar-refractivity contribution < 1.29 is 36.4 Å². The number of alkyl halides is 2. The summed E-state index contributed by atoms with van der Waals surface area (Å²) in [6.07, 6.45) is 3.38. The zero-order chi connectivity index (χ0) is 17.0. The molecule has 5 unspecified atom stereocenters. The van der Waals surface area contributed by atoms with E-state index in [4.69, 9.17) is 4.55 Å². The molecule has 0 amide bonds. The molecule has 2 N–H and O–H groups in total. The van der Waals surface area contributed by atoms with E-state index in [9.17, 15) is 27.1 Å². The van der Waals surface area contributed by atoms with E-state index in [1.54, 1.807) is 0 Å². The molecule has 132 valence electrons. The van der Waals surface area contributed by atoms with Crippen molar-refractivity contribution in [1.82, 2.24) is 0 Å². The number of hydrogen-bond donors (Lipinski definition) is 2. The van der Waals surface area contributed by atoms with Crippen LogP contribution in [0.15, 0.2) is 0 Å². The Hall–Kier alpha value is -0.800. The number of carbonyl (C=O) groups excluding carboxylic acids is 1. The number of esters is 1. The number of aliphatic hydroxyl groups excluding tert-OH is 1. The van der Waals surface area contributed by atoms with Crippen molar-refractivity contribution in [3.05, 3.63) is 0 Å². The maximum absolute atomic E-state index is 13.3. The molecule has 3 bridgehead atoms. The Labute approximate surface area is 132 Å². The molecule has 0 aliphatic heterocycles. The Kier molecular flexibility index (Phi) is 3.97. The third kappa shape index (κ3) is 2.76. The second kappa shape index (κ2) is 5.35. The molecular formula is C14H20F2O6S. The largest absolute Gasteiger partial charge is 0.458 e. The van der Waals surface area contributed by atoms with Crippen molar-refractivity contribution in [2.24, 2.45) is 23.2 Å². The van der Waals surface area contributed by atoms with Crippen molar-refractivity contribution in [2.45, 2.75) is 49.9 Å². The van der Waals surface area contributed by atoms with Gasteiger partial charge in [0.25, 0.3) is 0 Å². The molecule has 5 atom stereocenters. The maximum atomic E-state index is 13.3. The lowest BCUT2D eigenvalue weighted by molar-refractivity contribution is -0.191. The fourth-order valence-electron chi connectivity index (χ4n) is 4.90. The van der Waals surface area contributed by atoms with Gasteiger partial charge in [-0.2, -0.15) is 17.2 Å². The summed E-state index contributed by atoms with van der Waals surface area (Å²) in [4.78, 5) is 12.5. The van der Waals surface area contributed by atoms with Crippen LogP contribution >= 0.6 is 0 Å². The van der Waals surface area contributed by atoms with Gasteiger partial charge in [0.15, 0.2) is 6.61 Å². The first-order valence-electron chi connectivity index (χ1n) is 7.75. The molecule has 0 spiro atoms. The van der Waals surface area contributed by atoms with Crippen LogP contribution in [0, 0.1) is 23.2 Å². The molecule has 0 aromatic heterocycles. The third-order valence-corrected chi connectivity index (χ3v) is 6.64. The summed E-state index contributed by atoms with van der Waals surface area (Å²) in [6, 6.07) is 0. The van der Waals surface area contributed by atoms with Crippen LogP contribution in [0.2, 0.25) is 0 Å². The minimum Gasteiger partial charge on any atom is -0.458 e. The van der Waals surface area contributed by atoms with Crippen LogP contribution in [-0.2, 0) is 19.6 Å². The normalized spacial score (nSPS) is 40.0. The van der Waals surface area contributed by atoms with Gasteiger partial charge in [-0.15, -0.1) is 0 Å². The second-order valence-electron chi connectivity index (χ2n) is 7.21. The van der Waals surface area contributed by atoms with Crippen molar-refractivity contribution in [3.8, 4) is 0 Å². The number of rotatable bonds is 4. The Morgan fingerprint density at radius 3 is 2.52 bits per heavy atom. The Bertz CT molecular complexity index is 600. The minimum atomic E-state index is -5.63. The quantitative estimate of drug-likeness (QED) is 0.587. The Morgan fingerprint density at radius 2 is 1.87 bits per heavy atom. The molecule has 3 rings (SSSR count). The van der Waals surface area contributed by atoms with Crippen molar-refractivity contribution >= 4 is 16.1 Å². The zero-order valence-electron chi connectivity index (χ0n) is 12.5. The van der Waals surface area contributed by atoms with E-state index in [1.165, 1.54) is 0 Å². The fraction of sp³-hybridized carbons (Fsp3) is 0.929. The molecule has 9 heteroatoms. The van der Waals surface area contributed by atoms with Crippen LogP contribution in [0.3, 0.4) is 0 Å². The molecule has 23 heavy (non-hydrogen) atoms. The molecule has 3 fully saturated rings. The van der Waals surface area contributed by atoms with E-state index in [0.29, 0.717) is 31.6 Å². The third-order valence-electron chi connectivity index (χ3n) is 5.76. The second-order valence-corrected chi connectivity index (χ2v) is 8.75. The SMILES string of the molecule is O=C(OCC(F)(F)S(=O)(=O)O)C12CC3CCC1C(O)CC(C3)C2. The zero-order valence-corrected chi connectivity index (χ0v) is 13.3. The minimum absolute atomic E-state index is 0.162. The molecule has 0 saturated heterocycles. The van der Waals surface area contributed by atoms with Gasteiger partial charge in [0.05, 0.1) is 11.5 Å². The molecule has 3 saturated carbocycles. The van der Waals surface area contributed by atoms with Gasteiger partial charge < -0.3 is 9.84 Å². The van der Waals surface area contributed by atoms with Gasteiger partial charge in [-0.3, -0.25) is 9.35 Å². The van der Waals surface area contributed by atoms with Gasteiger partial charge in [-0.25, -0.2) is 0 Å². The van der Waals surface area contributed by atoms with E-state index in [1.807, 2.05) is 0 Å². The predicted octanol–water partition coefficient (Wildman–Crippen LogP) is 1.59. The molecule has 0 aromatic rings. The average molecular weight is 354 g/mol. The highest BCUT2D eigenvalue weighted by molar-refractivity contribution is 7.86. The Morgan fingerprint density at radius 1 is 1.22 bits per heavy atom. The summed E-state index contributed by atoms with van der Waals surface area (Å²) in [5.41, 5.74) is -1.00. The number of fused-ring (bicyclic) bond motifs is 2. The molecule has 6 nitrogen and oxygen atoms in total. The van der Waals surface area contributed by atoms with Crippen LogP contribution in [-0.4, -0.2) is 42.0 Å². The first-order chi connectivity index (χ1) is 10.6. The van der Waals surface area contributed by atoms with Gasteiger partial charge in [0.2, 0.25) is 0 Å². The number of ether oxygens (including phenoxy) is 1. The predicted molar refractivity (Wildman–Crippen MR) is 74.1 cm³/mol. The highest BCUT2D eigenvalue weighted by atomic mass is 32.2. The lowest BCUT2D eigenvalue weighted by Gasteiger charge is -2.56. The monoisotopic (exact) mass is 354 g/mol. The van der Waals surface area contributed by atoms with Crippen LogP contribution < -0.4 is 0 Å². The van der Waals surface area contributed by atoms with Crippen LogP contribution in [0.5, 0.6) is 0 Å². The average Bonchev–Trinajstić information content (AvgIpc) is 2.41. The topological polar surface area (TPSA) is 101 Å². The molecule has 3 aliphatic carbocycles. The van der Waals surface area contributed by atoms with Crippen molar-refractivity contribution in [1.29, 1.82) is 0 Å². The first-order valence-corrected chi connectivity index (χ1v) is 9.19. The molecule has 3 aliphatic rings. The van der Waals surface area contributed by atoms with Crippen LogP contribution in [0.25, 0.3) is 0 Å². The molecular weight excluding hydrogens is 334 g/mol. The van der Waals surface area contributed by atoms with E-state index in [2.05, 4.69) is 4.74 Å². The Balaban J connectivity index is 1.78. The molecule has 0 heterocycles. The number of aliphatic hydroxyl groups is 1. The molecule has 0 radical (unpaired) electrons. The van der Waals surface area contributed by atoms with Crippen molar-refractivity contribution in [2.75, 3.05) is 6.61 Å². The first kappa shape index (κ1) is 17.0. The van der Waals surface area contributed by atoms with Gasteiger partial charge in [0, 0.05) is 5.92 Å². The smallest absolute Gasteiger partial charge is 0.402 e. The number of hydrogen-bond acceptors (Lipinski definition) is 5. The fourth-order valence-corrected chi connectivity index (χ4v) is 5.11. The van der Waals surface area contributed by atoms with Gasteiger partial charge >= 0.3 is 21.3 Å². The summed E-state index contributed by atoms with van der Waals surface area (Å²) < 4.78 is 60.9. The van der Waals surface area contributed by atoms with E-state index in [-0.39, 0.29) is 11.8 Å².